The number of rotatable bonds is 3. The first kappa shape index (κ1) is 14.8. The van der Waals surface area contributed by atoms with Crippen molar-refractivity contribution in [1.29, 1.82) is 0 Å². The molecule has 3 heterocycles. The van der Waals surface area contributed by atoms with Gasteiger partial charge in [0.2, 0.25) is 0 Å². The topological polar surface area (TPSA) is 50.9 Å². The Morgan fingerprint density at radius 2 is 2.22 bits per heavy atom. The zero-order valence-electron chi connectivity index (χ0n) is 13.3. The highest BCUT2D eigenvalue weighted by Crippen LogP contribution is 2.42. The van der Waals surface area contributed by atoms with E-state index in [1.54, 1.807) is 13.1 Å². The second kappa shape index (κ2) is 5.41. The van der Waals surface area contributed by atoms with Gasteiger partial charge in [0.1, 0.15) is 5.67 Å². The third-order valence-electron chi connectivity index (χ3n) is 5.51. The summed E-state index contributed by atoms with van der Waals surface area (Å²) < 4.78 is 16.1. The van der Waals surface area contributed by atoms with Crippen molar-refractivity contribution < 1.29 is 9.50 Å². The summed E-state index contributed by atoms with van der Waals surface area (Å²) in [6, 6.07) is 4.01. The van der Waals surface area contributed by atoms with Crippen LogP contribution in [0.5, 0.6) is 0 Å². The molecule has 5 heteroatoms. The number of fused-ring (bicyclic) bond motifs is 3. The Morgan fingerprint density at radius 1 is 1.43 bits per heavy atom. The summed E-state index contributed by atoms with van der Waals surface area (Å²) in [5, 5.41) is 10.7. The Labute approximate surface area is 135 Å². The van der Waals surface area contributed by atoms with Crippen molar-refractivity contribution in [2.75, 3.05) is 0 Å². The Kier molecular flexibility index (Phi) is 3.48. The van der Waals surface area contributed by atoms with Gasteiger partial charge in [-0.2, -0.15) is 0 Å². The highest BCUT2D eigenvalue weighted by atomic mass is 19.1. The SMILES string of the molecule is CC1(F)CCC(C(O)CC2c3ncccc3-c3cncn32)CC1. The largest absolute Gasteiger partial charge is 0.393 e. The molecule has 0 spiro atoms. The van der Waals surface area contributed by atoms with Crippen molar-refractivity contribution in [3.8, 4) is 11.3 Å². The standard InChI is InChI=1S/C18H22FN3O/c1-18(19)6-4-12(5-7-18)16(23)9-14-17-13(3-2-8-21-17)15-10-20-11-22(14)15/h2-3,8,10-12,14,16,23H,4-7,9H2,1H3. The molecule has 1 aliphatic carbocycles. The lowest BCUT2D eigenvalue weighted by Crippen LogP contribution is -2.33. The predicted octanol–water partition coefficient (Wildman–Crippen LogP) is 3.52. The molecule has 0 saturated heterocycles. The van der Waals surface area contributed by atoms with Crippen LogP contribution < -0.4 is 0 Å². The minimum absolute atomic E-state index is 0.0254. The van der Waals surface area contributed by atoms with E-state index in [9.17, 15) is 9.50 Å². The van der Waals surface area contributed by atoms with Crippen LogP contribution in [0, 0.1) is 5.92 Å². The van der Waals surface area contributed by atoms with Crippen molar-refractivity contribution >= 4 is 0 Å². The molecule has 2 aliphatic rings. The van der Waals surface area contributed by atoms with Gasteiger partial charge >= 0.3 is 0 Å². The predicted molar refractivity (Wildman–Crippen MR) is 85.7 cm³/mol. The van der Waals surface area contributed by atoms with Gasteiger partial charge in [0.25, 0.3) is 0 Å². The van der Waals surface area contributed by atoms with Gasteiger partial charge in [0.15, 0.2) is 0 Å². The van der Waals surface area contributed by atoms with Crippen LogP contribution in [-0.4, -0.2) is 31.4 Å². The molecule has 0 aromatic carbocycles. The minimum Gasteiger partial charge on any atom is -0.393 e. The molecular weight excluding hydrogens is 293 g/mol. The summed E-state index contributed by atoms with van der Waals surface area (Å²) in [6.07, 6.45) is 8.25. The molecule has 1 saturated carbocycles. The number of aliphatic hydroxyl groups excluding tert-OH is 1. The van der Waals surface area contributed by atoms with Gasteiger partial charge in [-0.1, -0.05) is 0 Å². The summed E-state index contributed by atoms with van der Waals surface area (Å²) in [5.41, 5.74) is 2.11. The monoisotopic (exact) mass is 315 g/mol. The minimum atomic E-state index is -1.06. The molecule has 2 unspecified atom stereocenters. The van der Waals surface area contributed by atoms with Crippen LogP contribution in [0.1, 0.15) is 50.8 Å². The second-order valence-corrected chi connectivity index (χ2v) is 7.19. The first-order valence-electron chi connectivity index (χ1n) is 8.39. The first-order chi connectivity index (χ1) is 11.1. The zero-order chi connectivity index (χ0) is 16.0. The number of aromatic nitrogens is 3. The van der Waals surface area contributed by atoms with Crippen LogP contribution in [0.4, 0.5) is 4.39 Å². The van der Waals surface area contributed by atoms with Gasteiger partial charge in [-0.25, -0.2) is 9.37 Å². The van der Waals surface area contributed by atoms with Crippen LogP contribution in [0.15, 0.2) is 30.9 Å². The van der Waals surface area contributed by atoms with Crippen LogP contribution in [0.3, 0.4) is 0 Å². The highest BCUT2D eigenvalue weighted by molar-refractivity contribution is 5.66. The average molecular weight is 315 g/mol. The summed E-state index contributed by atoms with van der Waals surface area (Å²) in [5.74, 6) is 0.179. The summed E-state index contributed by atoms with van der Waals surface area (Å²) >= 11 is 0. The van der Waals surface area contributed by atoms with E-state index in [1.165, 1.54) is 0 Å². The van der Waals surface area contributed by atoms with Crippen molar-refractivity contribution in [3.63, 3.8) is 0 Å². The first-order valence-corrected chi connectivity index (χ1v) is 8.39. The van der Waals surface area contributed by atoms with Crippen LogP contribution in [0.25, 0.3) is 11.3 Å². The molecule has 0 bridgehead atoms. The van der Waals surface area contributed by atoms with E-state index in [2.05, 4.69) is 20.6 Å². The third-order valence-corrected chi connectivity index (χ3v) is 5.51. The van der Waals surface area contributed by atoms with Crippen molar-refractivity contribution in [3.05, 3.63) is 36.5 Å². The Balaban J connectivity index is 1.53. The fourth-order valence-electron chi connectivity index (χ4n) is 4.07. The van der Waals surface area contributed by atoms with E-state index in [0.29, 0.717) is 19.3 Å². The second-order valence-electron chi connectivity index (χ2n) is 7.19. The summed E-state index contributed by atoms with van der Waals surface area (Å²) in [6.45, 7) is 1.67. The van der Waals surface area contributed by atoms with Gasteiger partial charge in [0, 0.05) is 18.2 Å². The summed E-state index contributed by atoms with van der Waals surface area (Å²) in [4.78, 5) is 8.76. The molecule has 4 rings (SSSR count). The maximum atomic E-state index is 14.0. The molecule has 0 radical (unpaired) electrons. The smallest absolute Gasteiger partial charge is 0.108 e. The Bertz CT molecular complexity index is 702. The van der Waals surface area contributed by atoms with Gasteiger partial charge in [0.05, 0.1) is 36.1 Å². The molecule has 4 nitrogen and oxygen atoms in total. The Morgan fingerprint density at radius 3 is 3.00 bits per heavy atom. The molecule has 122 valence electrons. The van der Waals surface area contributed by atoms with Crippen molar-refractivity contribution in [2.45, 2.75) is 56.8 Å². The molecule has 2 atom stereocenters. The van der Waals surface area contributed by atoms with Crippen LogP contribution >= 0.6 is 0 Å². The number of alkyl halides is 1. The number of aliphatic hydroxyl groups is 1. The number of imidazole rings is 1. The van der Waals surface area contributed by atoms with Crippen LogP contribution in [-0.2, 0) is 0 Å². The van der Waals surface area contributed by atoms with Gasteiger partial charge in [-0.15, -0.1) is 0 Å². The van der Waals surface area contributed by atoms with E-state index >= 15 is 0 Å². The average Bonchev–Trinajstić information content (AvgIpc) is 3.10. The number of hydrogen-bond donors (Lipinski definition) is 1. The van der Waals surface area contributed by atoms with Crippen LogP contribution in [0.2, 0.25) is 0 Å². The van der Waals surface area contributed by atoms with Crippen molar-refractivity contribution in [1.82, 2.24) is 14.5 Å². The van der Waals surface area contributed by atoms with E-state index < -0.39 is 11.8 Å². The molecule has 1 N–H and O–H groups in total. The Hall–Kier alpha value is -1.75. The zero-order valence-corrected chi connectivity index (χ0v) is 13.3. The van der Waals surface area contributed by atoms with E-state index in [-0.39, 0.29) is 12.0 Å². The van der Waals surface area contributed by atoms with E-state index in [1.807, 2.05) is 18.6 Å². The molecule has 1 aliphatic heterocycles. The van der Waals surface area contributed by atoms with E-state index in [0.717, 1.165) is 29.8 Å². The normalized spacial score (nSPS) is 30.7. The summed E-state index contributed by atoms with van der Waals surface area (Å²) in [7, 11) is 0. The number of hydrogen-bond acceptors (Lipinski definition) is 3. The lowest BCUT2D eigenvalue weighted by atomic mass is 9.77. The highest BCUT2D eigenvalue weighted by Gasteiger charge is 2.37. The molecule has 2 aromatic rings. The lowest BCUT2D eigenvalue weighted by Gasteiger charge is -2.34. The fourth-order valence-corrected chi connectivity index (χ4v) is 4.07. The van der Waals surface area contributed by atoms with Gasteiger partial charge in [-0.05, 0) is 50.7 Å². The molecular formula is C18H22FN3O. The van der Waals surface area contributed by atoms with E-state index in [4.69, 9.17) is 0 Å². The number of halogens is 1. The maximum Gasteiger partial charge on any atom is 0.108 e. The molecule has 0 amide bonds. The lowest BCUT2D eigenvalue weighted by molar-refractivity contribution is 0.0258. The third kappa shape index (κ3) is 2.57. The maximum absolute atomic E-state index is 14.0. The van der Waals surface area contributed by atoms with Crippen molar-refractivity contribution in [2.24, 2.45) is 5.92 Å². The number of pyridine rings is 1. The van der Waals surface area contributed by atoms with Gasteiger partial charge < -0.3 is 9.67 Å². The fraction of sp³-hybridized carbons (Fsp3) is 0.556. The molecule has 23 heavy (non-hydrogen) atoms. The van der Waals surface area contributed by atoms with Gasteiger partial charge in [-0.3, -0.25) is 4.98 Å². The molecule has 2 aromatic heterocycles. The quantitative estimate of drug-likeness (QED) is 0.943. The molecule has 1 fully saturated rings. The number of nitrogens with zero attached hydrogens (tertiary/aromatic N) is 3.